The van der Waals surface area contributed by atoms with Crippen molar-refractivity contribution >= 4 is 5.91 Å². The van der Waals surface area contributed by atoms with Crippen LogP contribution in [0, 0.1) is 11.3 Å². The van der Waals surface area contributed by atoms with E-state index in [0.717, 1.165) is 71.0 Å². The van der Waals surface area contributed by atoms with Crippen LogP contribution in [0.5, 0.6) is 0 Å². The zero-order valence-corrected chi connectivity index (χ0v) is 17.0. The molecule has 3 aliphatic rings. The van der Waals surface area contributed by atoms with Gasteiger partial charge in [-0.3, -0.25) is 9.69 Å². The van der Waals surface area contributed by atoms with Gasteiger partial charge in [0.2, 0.25) is 5.91 Å². The lowest BCUT2D eigenvalue weighted by molar-refractivity contribution is -0.137. The minimum Gasteiger partial charge on any atom is -0.341 e. The van der Waals surface area contributed by atoms with E-state index < -0.39 is 11.7 Å². The molecule has 0 radical (unpaired) electrons. The summed E-state index contributed by atoms with van der Waals surface area (Å²) in [5.74, 6) is 0.480. The molecule has 1 aromatic rings. The fourth-order valence-corrected chi connectivity index (χ4v) is 5.00. The summed E-state index contributed by atoms with van der Waals surface area (Å²) in [5.41, 5.74) is 0.256. The summed E-state index contributed by atoms with van der Waals surface area (Å²) in [6, 6.07) is 5.62. The largest absolute Gasteiger partial charge is 0.416 e. The lowest BCUT2D eigenvalue weighted by atomic mass is 9.90. The number of carbonyl (C=O) groups excluding carboxylic acids is 1. The number of halogens is 3. The van der Waals surface area contributed by atoms with Gasteiger partial charge in [-0.2, -0.15) is 13.2 Å². The van der Waals surface area contributed by atoms with Crippen LogP contribution in [0.3, 0.4) is 0 Å². The molecule has 2 aliphatic heterocycles. The summed E-state index contributed by atoms with van der Waals surface area (Å²) < 4.78 is 38.8. The summed E-state index contributed by atoms with van der Waals surface area (Å²) in [4.78, 5) is 19.5. The number of nitrogens with zero attached hydrogens (tertiary/aromatic N) is 3. The smallest absolute Gasteiger partial charge is 0.341 e. The summed E-state index contributed by atoms with van der Waals surface area (Å²) in [7, 11) is 2.10. The number of amides is 1. The first kappa shape index (κ1) is 20.7. The van der Waals surface area contributed by atoms with Crippen molar-refractivity contribution < 1.29 is 18.0 Å². The summed E-state index contributed by atoms with van der Waals surface area (Å²) in [6.45, 7) is 5.91. The van der Waals surface area contributed by atoms with Crippen molar-refractivity contribution in [3.63, 3.8) is 0 Å². The van der Waals surface area contributed by atoms with Crippen LogP contribution < -0.4 is 0 Å². The van der Waals surface area contributed by atoms with Gasteiger partial charge < -0.3 is 9.80 Å². The lowest BCUT2D eigenvalue weighted by Crippen LogP contribution is -2.39. The summed E-state index contributed by atoms with van der Waals surface area (Å²) in [6.07, 6.45) is -0.347. The van der Waals surface area contributed by atoms with Gasteiger partial charge in [-0.25, -0.2) is 0 Å². The summed E-state index contributed by atoms with van der Waals surface area (Å²) in [5, 5.41) is 0. The molecule has 1 aromatic carbocycles. The van der Waals surface area contributed by atoms with Crippen molar-refractivity contribution in [1.29, 1.82) is 0 Å². The number of piperidine rings is 1. The van der Waals surface area contributed by atoms with Gasteiger partial charge in [0.25, 0.3) is 0 Å². The van der Waals surface area contributed by atoms with Crippen molar-refractivity contribution in [2.24, 2.45) is 11.3 Å². The highest BCUT2D eigenvalue weighted by Crippen LogP contribution is 2.60. The molecule has 1 saturated carbocycles. The lowest BCUT2D eigenvalue weighted by Gasteiger charge is -2.33. The van der Waals surface area contributed by atoms with E-state index in [1.54, 1.807) is 6.07 Å². The van der Waals surface area contributed by atoms with Crippen LogP contribution in [0.15, 0.2) is 24.3 Å². The maximum Gasteiger partial charge on any atom is 0.416 e. The normalized spacial score (nSPS) is 25.8. The Kier molecular flexibility index (Phi) is 5.64. The highest BCUT2D eigenvalue weighted by Gasteiger charge is 2.59. The standard InChI is InChI=1S/C22H30F3N3O/c1-26-8-3-9-28(13-12-26)20(29)19-15-21(19)6-10-27(11-7-21)16-17-4-2-5-18(14-17)22(23,24)25/h2,4-5,14,19H,3,6-13,15-16H2,1H3. The van der Waals surface area contributed by atoms with Gasteiger partial charge in [0, 0.05) is 32.1 Å². The molecule has 2 heterocycles. The highest BCUT2D eigenvalue weighted by molar-refractivity contribution is 5.82. The maximum atomic E-state index is 13.0. The van der Waals surface area contributed by atoms with Crippen LogP contribution in [-0.4, -0.2) is 66.9 Å². The van der Waals surface area contributed by atoms with E-state index in [1.165, 1.54) is 12.1 Å². The molecule has 2 saturated heterocycles. The molecular weight excluding hydrogens is 379 g/mol. The third-order valence-electron chi connectivity index (χ3n) is 7.03. The molecule has 1 unspecified atom stereocenters. The molecule has 1 amide bonds. The average Bonchev–Trinajstić information content (AvgIpc) is 3.43. The Hall–Kier alpha value is -1.60. The number of likely N-dealkylation sites (tertiary alicyclic amines) is 1. The third-order valence-corrected chi connectivity index (χ3v) is 7.03. The first-order valence-corrected chi connectivity index (χ1v) is 10.6. The number of rotatable bonds is 3. The van der Waals surface area contributed by atoms with E-state index in [1.807, 2.05) is 0 Å². The zero-order chi connectivity index (χ0) is 20.6. The number of hydrogen-bond acceptors (Lipinski definition) is 3. The van der Waals surface area contributed by atoms with Gasteiger partial charge in [0.15, 0.2) is 0 Å². The molecule has 0 aromatic heterocycles. The van der Waals surface area contributed by atoms with E-state index in [4.69, 9.17) is 0 Å². The predicted octanol–water partition coefficient (Wildman–Crippen LogP) is 3.47. The van der Waals surface area contributed by atoms with E-state index in [0.29, 0.717) is 18.0 Å². The first-order chi connectivity index (χ1) is 13.8. The Morgan fingerprint density at radius 1 is 1.10 bits per heavy atom. The number of likely N-dealkylation sites (N-methyl/N-ethyl adjacent to an activating group) is 1. The van der Waals surface area contributed by atoms with Crippen LogP contribution in [0.1, 0.15) is 36.8 Å². The van der Waals surface area contributed by atoms with Crippen molar-refractivity contribution in [3.8, 4) is 0 Å². The van der Waals surface area contributed by atoms with Crippen LogP contribution in [0.4, 0.5) is 13.2 Å². The van der Waals surface area contributed by atoms with Gasteiger partial charge in [-0.05, 0) is 69.4 Å². The second-order valence-corrected chi connectivity index (χ2v) is 9.08. The molecule has 1 spiro atoms. The number of benzene rings is 1. The maximum absolute atomic E-state index is 13.0. The first-order valence-electron chi connectivity index (χ1n) is 10.6. The molecule has 4 nitrogen and oxygen atoms in total. The van der Waals surface area contributed by atoms with E-state index in [-0.39, 0.29) is 11.3 Å². The minimum absolute atomic E-state index is 0.138. The molecule has 1 aliphatic carbocycles. The Labute approximate surface area is 170 Å². The Morgan fingerprint density at radius 2 is 1.86 bits per heavy atom. The van der Waals surface area contributed by atoms with Gasteiger partial charge in [-0.1, -0.05) is 18.2 Å². The van der Waals surface area contributed by atoms with Crippen molar-refractivity contribution in [1.82, 2.24) is 14.7 Å². The van der Waals surface area contributed by atoms with E-state index in [9.17, 15) is 18.0 Å². The molecular formula is C22H30F3N3O. The van der Waals surface area contributed by atoms with Gasteiger partial charge in [0.1, 0.15) is 0 Å². The molecule has 29 heavy (non-hydrogen) atoms. The van der Waals surface area contributed by atoms with Crippen LogP contribution in [0.25, 0.3) is 0 Å². The number of carbonyl (C=O) groups is 1. The van der Waals surface area contributed by atoms with Crippen LogP contribution >= 0.6 is 0 Å². The van der Waals surface area contributed by atoms with Crippen molar-refractivity contribution in [2.45, 2.75) is 38.4 Å². The monoisotopic (exact) mass is 409 g/mol. The molecule has 0 N–H and O–H groups in total. The third kappa shape index (κ3) is 4.61. The topological polar surface area (TPSA) is 26.8 Å². The quantitative estimate of drug-likeness (QED) is 0.765. The SMILES string of the molecule is CN1CCCN(C(=O)C2CC23CCN(Cc2cccc(C(F)(F)F)c2)CC3)CC1. The predicted molar refractivity (Wildman–Crippen MR) is 105 cm³/mol. The molecule has 7 heteroatoms. The Morgan fingerprint density at radius 3 is 2.59 bits per heavy atom. The van der Waals surface area contributed by atoms with Gasteiger partial charge >= 0.3 is 6.18 Å². The Balaban J connectivity index is 1.30. The van der Waals surface area contributed by atoms with Gasteiger partial charge in [0.05, 0.1) is 5.56 Å². The number of alkyl halides is 3. The second kappa shape index (κ2) is 7.91. The fraction of sp³-hybridized carbons (Fsp3) is 0.682. The zero-order valence-electron chi connectivity index (χ0n) is 17.0. The van der Waals surface area contributed by atoms with Gasteiger partial charge in [-0.15, -0.1) is 0 Å². The highest BCUT2D eigenvalue weighted by atomic mass is 19.4. The molecule has 3 fully saturated rings. The fourth-order valence-electron chi connectivity index (χ4n) is 5.00. The molecule has 0 bridgehead atoms. The number of hydrogen-bond donors (Lipinski definition) is 0. The van der Waals surface area contributed by atoms with Crippen molar-refractivity contribution in [2.75, 3.05) is 46.3 Å². The second-order valence-electron chi connectivity index (χ2n) is 9.08. The van der Waals surface area contributed by atoms with Crippen molar-refractivity contribution in [3.05, 3.63) is 35.4 Å². The van der Waals surface area contributed by atoms with Crippen LogP contribution in [-0.2, 0) is 17.5 Å². The minimum atomic E-state index is -4.30. The molecule has 1 atom stereocenters. The average molecular weight is 409 g/mol. The van der Waals surface area contributed by atoms with E-state index in [2.05, 4.69) is 21.7 Å². The van der Waals surface area contributed by atoms with E-state index >= 15 is 0 Å². The van der Waals surface area contributed by atoms with Crippen LogP contribution in [0.2, 0.25) is 0 Å². The summed E-state index contributed by atoms with van der Waals surface area (Å²) >= 11 is 0. The Bertz CT molecular complexity index is 743. The molecule has 160 valence electrons. The molecule has 4 rings (SSSR count).